The molecule has 3 N–H and O–H groups in total. The van der Waals surface area contributed by atoms with Gasteiger partial charge in [0.25, 0.3) is 0 Å². The second-order valence-corrected chi connectivity index (χ2v) is 17.4. The predicted octanol–water partition coefficient (Wildman–Crippen LogP) is 13.6. The number of phosphoric ester groups is 1. The average molecular weight is 804 g/mol. The average Bonchev–Trinajstić information content (AvgIpc) is 3.17. The Balaban J connectivity index is 3.99. The van der Waals surface area contributed by atoms with Crippen LogP contribution in [0.2, 0.25) is 0 Å². The third-order valence-electron chi connectivity index (χ3n) is 10.5. The minimum absolute atomic E-state index is 0.0581. The SMILES string of the molecule is CCCCCCCCCCCCCCCCCCCCCCCCC(=O)O[C@H](COC(=O)CCCCCCCCCCCCCC)COP(=O)(O)OCCN. The molecule has 328 valence electrons. The molecule has 0 saturated carbocycles. The summed E-state index contributed by atoms with van der Waals surface area (Å²) in [6.45, 7) is 3.78. The zero-order valence-electron chi connectivity index (χ0n) is 36.2. The van der Waals surface area contributed by atoms with Crippen molar-refractivity contribution in [3.8, 4) is 0 Å². The van der Waals surface area contributed by atoms with Crippen molar-refractivity contribution in [2.24, 2.45) is 5.73 Å². The lowest BCUT2D eigenvalue weighted by Gasteiger charge is -2.19. The summed E-state index contributed by atoms with van der Waals surface area (Å²) in [4.78, 5) is 34.9. The van der Waals surface area contributed by atoms with Gasteiger partial charge >= 0.3 is 19.8 Å². The quantitative estimate of drug-likeness (QED) is 0.0350. The molecule has 0 aromatic heterocycles. The summed E-state index contributed by atoms with van der Waals surface area (Å²) in [6, 6.07) is 0. The van der Waals surface area contributed by atoms with Gasteiger partial charge in [-0.25, -0.2) is 4.57 Å². The van der Waals surface area contributed by atoms with Crippen LogP contribution in [0.3, 0.4) is 0 Å². The van der Waals surface area contributed by atoms with E-state index in [1.807, 2.05) is 0 Å². The van der Waals surface area contributed by atoms with Gasteiger partial charge in [0.05, 0.1) is 13.2 Å². The molecule has 9 nitrogen and oxygen atoms in total. The molecule has 0 amide bonds. The topological polar surface area (TPSA) is 134 Å². The number of rotatable bonds is 45. The summed E-state index contributed by atoms with van der Waals surface area (Å²) in [5.74, 6) is -0.811. The molecule has 1 unspecified atom stereocenters. The van der Waals surface area contributed by atoms with Gasteiger partial charge < -0.3 is 20.1 Å². The van der Waals surface area contributed by atoms with Crippen molar-refractivity contribution in [2.45, 2.75) is 251 Å². The van der Waals surface area contributed by atoms with E-state index in [0.29, 0.717) is 6.42 Å². The molecule has 0 radical (unpaired) electrons. The van der Waals surface area contributed by atoms with Gasteiger partial charge in [-0.05, 0) is 12.8 Å². The van der Waals surface area contributed by atoms with Crippen molar-refractivity contribution >= 4 is 19.8 Å². The molecule has 10 heteroatoms. The third-order valence-corrected chi connectivity index (χ3v) is 11.5. The lowest BCUT2D eigenvalue weighted by atomic mass is 10.0. The van der Waals surface area contributed by atoms with Gasteiger partial charge in [-0.1, -0.05) is 219 Å². The fraction of sp³-hybridized carbons (Fsp3) is 0.956. The second-order valence-electron chi connectivity index (χ2n) is 16.0. The molecule has 0 heterocycles. The van der Waals surface area contributed by atoms with Gasteiger partial charge in [-0.2, -0.15) is 0 Å². The van der Waals surface area contributed by atoms with E-state index in [2.05, 4.69) is 13.8 Å². The monoisotopic (exact) mass is 804 g/mol. The van der Waals surface area contributed by atoms with Gasteiger partial charge in [-0.15, -0.1) is 0 Å². The zero-order chi connectivity index (χ0) is 40.3. The molecule has 0 aromatic carbocycles. The minimum Gasteiger partial charge on any atom is -0.462 e. The first-order valence-electron chi connectivity index (χ1n) is 23.5. The van der Waals surface area contributed by atoms with E-state index < -0.39 is 26.5 Å². The molecular weight excluding hydrogens is 713 g/mol. The van der Waals surface area contributed by atoms with Crippen LogP contribution >= 0.6 is 7.82 Å². The van der Waals surface area contributed by atoms with Gasteiger partial charge in [0.15, 0.2) is 6.10 Å². The Kier molecular flexibility index (Phi) is 41.8. The number of esters is 2. The number of unbranched alkanes of at least 4 members (excludes halogenated alkanes) is 32. The molecule has 0 saturated heterocycles. The molecule has 2 atom stereocenters. The van der Waals surface area contributed by atoms with Crippen molar-refractivity contribution < 1.29 is 37.6 Å². The predicted molar refractivity (Wildman–Crippen MR) is 229 cm³/mol. The van der Waals surface area contributed by atoms with Crippen LogP contribution in [0.4, 0.5) is 0 Å². The fourth-order valence-corrected chi connectivity index (χ4v) is 7.76. The van der Waals surface area contributed by atoms with E-state index in [1.165, 1.54) is 180 Å². The van der Waals surface area contributed by atoms with E-state index in [9.17, 15) is 19.0 Å². The second kappa shape index (κ2) is 42.6. The molecular formula is C45H90NO8P. The number of nitrogens with two attached hydrogens (primary N) is 1. The van der Waals surface area contributed by atoms with Crippen molar-refractivity contribution in [1.82, 2.24) is 0 Å². The maximum atomic E-state index is 12.6. The largest absolute Gasteiger partial charge is 0.472 e. The Hall–Kier alpha value is -0.990. The van der Waals surface area contributed by atoms with Crippen LogP contribution in [0.15, 0.2) is 0 Å². The van der Waals surface area contributed by atoms with Gasteiger partial charge in [0.1, 0.15) is 6.61 Å². The molecule has 0 aromatic rings. The highest BCUT2D eigenvalue weighted by Gasteiger charge is 2.26. The van der Waals surface area contributed by atoms with Crippen molar-refractivity contribution in [3.63, 3.8) is 0 Å². The molecule has 0 bridgehead atoms. The summed E-state index contributed by atoms with van der Waals surface area (Å²) in [6.07, 6.45) is 42.8. The zero-order valence-corrected chi connectivity index (χ0v) is 37.1. The first kappa shape index (κ1) is 54.0. The molecule has 0 rings (SSSR count). The van der Waals surface area contributed by atoms with Crippen molar-refractivity contribution in [1.29, 1.82) is 0 Å². The van der Waals surface area contributed by atoms with E-state index in [4.69, 9.17) is 24.3 Å². The normalized spacial score (nSPS) is 13.2. The van der Waals surface area contributed by atoms with Crippen LogP contribution in [0.1, 0.15) is 245 Å². The lowest BCUT2D eigenvalue weighted by Crippen LogP contribution is -2.29. The van der Waals surface area contributed by atoms with E-state index in [-0.39, 0.29) is 38.6 Å². The van der Waals surface area contributed by atoms with E-state index >= 15 is 0 Å². The molecule has 0 aliphatic carbocycles. The lowest BCUT2D eigenvalue weighted by molar-refractivity contribution is -0.161. The van der Waals surface area contributed by atoms with E-state index in [0.717, 1.165) is 32.1 Å². The Labute approximate surface area is 339 Å². The number of carbonyl (C=O) groups is 2. The number of ether oxygens (including phenoxy) is 2. The standard InChI is InChI=1S/C45H90NO8P/c1-3-5-7-9-11-13-15-17-18-19-20-21-22-23-24-25-26-28-30-32-34-36-38-45(48)54-43(42-53-55(49,50)52-40-39-46)41-51-44(47)37-35-33-31-29-27-16-14-12-10-8-6-4-2/h43H,3-42,46H2,1-2H3,(H,49,50)/t43-/m1/s1. The first-order chi connectivity index (χ1) is 26.8. The van der Waals surface area contributed by atoms with Crippen LogP contribution in [-0.2, 0) is 32.7 Å². The minimum atomic E-state index is -4.37. The van der Waals surface area contributed by atoms with Crippen LogP contribution in [0.25, 0.3) is 0 Å². The number of hydrogen-bond donors (Lipinski definition) is 2. The van der Waals surface area contributed by atoms with Crippen LogP contribution in [-0.4, -0.2) is 49.3 Å². The number of hydrogen-bond acceptors (Lipinski definition) is 8. The molecule has 0 spiro atoms. The Morgan fingerprint density at radius 2 is 0.782 bits per heavy atom. The Morgan fingerprint density at radius 1 is 0.473 bits per heavy atom. The highest BCUT2D eigenvalue weighted by Crippen LogP contribution is 2.43. The number of carbonyl (C=O) groups excluding carboxylic acids is 2. The number of phosphoric acid groups is 1. The summed E-state index contributed by atoms with van der Waals surface area (Å²) >= 11 is 0. The smallest absolute Gasteiger partial charge is 0.462 e. The maximum absolute atomic E-state index is 12.6. The highest BCUT2D eigenvalue weighted by molar-refractivity contribution is 7.47. The van der Waals surface area contributed by atoms with Crippen LogP contribution < -0.4 is 5.73 Å². The molecule has 0 aliphatic rings. The van der Waals surface area contributed by atoms with Gasteiger partial charge in [0, 0.05) is 19.4 Å². The first-order valence-corrected chi connectivity index (χ1v) is 25.0. The van der Waals surface area contributed by atoms with Crippen LogP contribution in [0, 0.1) is 0 Å². The highest BCUT2D eigenvalue weighted by atomic mass is 31.2. The maximum Gasteiger partial charge on any atom is 0.472 e. The summed E-state index contributed by atoms with van der Waals surface area (Å²) < 4.78 is 32.8. The Bertz CT molecular complexity index is 876. The van der Waals surface area contributed by atoms with Gasteiger partial charge in [-0.3, -0.25) is 18.6 Å². The summed E-state index contributed by atoms with van der Waals surface area (Å²) in [5.41, 5.74) is 5.35. The summed E-state index contributed by atoms with van der Waals surface area (Å²) in [5, 5.41) is 0. The Morgan fingerprint density at radius 3 is 1.11 bits per heavy atom. The molecule has 0 fully saturated rings. The molecule has 55 heavy (non-hydrogen) atoms. The van der Waals surface area contributed by atoms with Crippen molar-refractivity contribution in [3.05, 3.63) is 0 Å². The fourth-order valence-electron chi connectivity index (χ4n) is 6.99. The van der Waals surface area contributed by atoms with Crippen LogP contribution in [0.5, 0.6) is 0 Å². The van der Waals surface area contributed by atoms with E-state index in [1.54, 1.807) is 0 Å². The third kappa shape index (κ3) is 42.4. The summed E-state index contributed by atoms with van der Waals surface area (Å²) in [7, 11) is -4.37. The van der Waals surface area contributed by atoms with Crippen molar-refractivity contribution in [2.75, 3.05) is 26.4 Å². The molecule has 0 aliphatic heterocycles. The van der Waals surface area contributed by atoms with Gasteiger partial charge in [0.2, 0.25) is 0 Å².